The summed E-state index contributed by atoms with van der Waals surface area (Å²) >= 11 is 1.07. The summed E-state index contributed by atoms with van der Waals surface area (Å²) in [6, 6.07) is 0. The summed E-state index contributed by atoms with van der Waals surface area (Å²) in [5.74, 6) is -2.06. The van der Waals surface area contributed by atoms with Crippen LogP contribution in [0.5, 0.6) is 0 Å². The van der Waals surface area contributed by atoms with Crippen molar-refractivity contribution in [3.63, 3.8) is 0 Å². The number of rotatable bonds is 10. The molecule has 0 saturated heterocycles. The molecular weight excluding hydrogens is 284 g/mol. The van der Waals surface area contributed by atoms with Crippen LogP contribution in [0.2, 0.25) is 0 Å². The normalized spacial score (nSPS) is 14.4. The van der Waals surface area contributed by atoms with Gasteiger partial charge in [0.15, 0.2) is 0 Å². The number of ether oxygens (including phenoxy) is 1. The molecule has 0 fully saturated rings. The van der Waals surface area contributed by atoms with E-state index in [1.54, 1.807) is 6.92 Å². The fourth-order valence-electron chi connectivity index (χ4n) is 1.41. The molecule has 0 aromatic rings. The van der Waals surface area contributed by atoms with Gasteiger partial charge in [0.05, 0.1) is 18.5 Å². The van der Waals surface area contributed by atoms with Gasteiger partial charge < -0.3 is 19.7 Å². The van der Waals surface area contributed by atoms with Gasteiger partial charge in [-0.25, -0.2) is 4.79 Å². The first-order chi connectivity index (χ1) is 9.40. The van der Waals surface area contributed by atoms with E-state index in [0.717, 1.165) is 17.8 Å². The van der Waals surface area contributed by atoms with Gasteiger partial charge in [-0.3, -0.25) is 4.79 Å². The Morgan fingerprint density at radius 1 is 1.40 bits per heavy atom. The first kappa shape index (κ1) is 18.7. The Labute approximate surface area is 122 Å². The molecule has 0 rings (SSSR count). The number of aliphatic carboxylic acids is 1. The van der Waals surface area contributed by atoms with Gasteiger partial charge in [0, 0.05) is 12.0 Å². The molecule has 0 aliphatic heterocycles. The minimum atomic E-state index is -1.11. The number of carbonyl (C=O) groups excluding carboxylic acids is 2. The highest BCUT2D eigenvalue weighted by molar-refractivity contribution is 8.03. The van der Waals surface area contributed by atoms with E-state index in [-0.39, 0.29) is 12.4 Å². The van der Waals surface area contributed by atoms with Crippen molar-refractivity contribution in [3.8, 4) is 0 Å². The summed E-state index contributed by atoms with van der Waals surface area (Å²) in [6.07, 6.45) is 1.52. The maximum Gasteiger partial charge on any atom is 0.329 e. The highest BCUT2D eigenvalue weighted by atomic mass is 32.2. The zero-order valence-electron chi connectivity index (χ0n) is 11.6. The molecule has 0 bridgehead atoms. The molecule has 0 aromatic heterocycles. The zero-order chi connectivity index (χ0) is 15.5. The molecule has 0 heterocycles. The minimum Gasteiger partial charge on any atom is -0.478 e. The van der Waals surface area contributed by atoms with Crippen LogP contribution in [0.3, 0.4) is 0 Å². The van der Waals surface area contributed by atoms with Crippen LogP contribution in [-0.4, -0.2) is 46.9 Å². The summed E-state index contributed by atoms with van der Waals surface area (Å²) in [5, 5.41) is 18.1. The summed E-state index contributed by atoms with van der Waals surface area (Å²) in [4.78, 5) is 33.2. The molecule has 6 nitrogen and oxygen atoms in total. The van der Waals surface area contributed by atoms with E-state index in [1.807, 2.05) is 0 Å². The average Bonchev–Trinajstić information content (AvgIpc) is 2.35. The van der Waals surface area contributed by atoms with E-state index in [9.17, 15) is 19.5 Å². The molecule has 0 aliphatic rings. The van der Waals surface area contributed by atoms with Crippen molar-refractivity contribution in [2.45, 2.75) is 32.8 Å². The third-order valence-corrected chi connectivity index (χ3v) is 3.56. The number of thioether (sulfide) groups is 1. The van der Waals surface area contributed by atoms with Crippen molar-refractivity contribution in [2.24, 2.45) is 5.92 Å². The van der Waals surface area contributed by atoms with E-state index in [4.69, 9.17) is 9.84 Å². The van der Waals surface area contributed by atoms with Gasteiger partial charge >= 0.3 is 11.9 Å². The molecule has 0 amide bonds. The van der Waals surface area contributed by atoms with E-state index in [1.165, 1.54) is 6.92 Å². The number of carboxylic acid groups (broad SMARTS) is 1. The third kappa shape index (κ3) is 8.71. The molecule has 0 saturated carbocycles. The summed E-state index contributed by atoms with van der Waals surface area (Å²) in [5.41, 5.74) is 0. The zero-order valence-corrected chi connectivity index (χ0v) is 12.4. The number of hydrogen-bond acceptors (Lipinski definition) is 6. The van der Waals surface area contributed by atoms with Crippen molar-refractivity contribution >= 4 is 30.0 Å². The molecule has 114 valence electrons. The van der Waals surface area contributed by atoms with Gasteiger partial charge in [-0.2, -0.15) is 0 Å². The van der Waals surface area contributed by atoms with Gasteiger partial charge in [-0.1, -0.05) is 0 Å². The quantitative estimate of drug-likeness (QED) is 0.355. The summed E-state index contributed by atoms with van der Waals surface area (Å²) in [6.45, 7) is 3.46. The fraction of sp³-hybridized carbons (Fsp3) is 0.615. The summed E-state index contributed by atoms with van der Waals surface area (Å²) in [7, 11) is 0. The largest absolute Gasteiger partial charge is 0.478 e. The molecule has 0 unspecified atom stereocenters. The fourth-order valence-corrected chi connectivity index (χ4v) is 2.24. The maximum atomic E-state index is 11.2. The number of carboxylic acids is 1. The van der Waals surface area contributed by atoms with E-state index >= 15 is 0 Å². The maximum absolute atomic E-state index is 11.2. The lowest BCUT2D eigenvalue weighted by atomic mass is 9.99. The van der Waals surface area contributed by atoms with Gasteiger partial charge in [0.1, 0.15) is 6.29 Å². The minimum absolute atomic E-state index is 0.0212. The lowest BCUT2D eigenvalue weighted by Crippen LogP contribution is -2.18. The van der Waals surface area contributed by atoms with Crippen LogP contribution in [0.15, 0.2) is 11.0 Å². The molecule has 2 atom stereocenters. The van der Waals surface area contributed by atoms with Crippen molar-refractivity contribution in [2.75, 3.05) is 12.4 Å². The smallest absolute Gasteiger partial charge is 0.329 e. The Hall–Kier alpha value is -1.34. The predicted octanol–water partition coefficient (Wildman–Crippen LogP) is 1.23. The van der Waals surface area contributed by atoms with Gasteiger partial charge in [0.25, 0.3) is 0 Å². The van der Waals surface area contributed by atoms with Crippen LogP contribution in [0.1, 0.15) is 26.7 Å². The number of esters is 1. The van der Waals surface area contributed by atoms with Crippen molar-refractivity contribution in [1.29, 1.82) is 0 Å². The highest BCUT2D eigenvalue weighted by Crippen LogP contribution is 2.24. The molecule has 0 spiro atoms. The summed E-state index contributed by atoms with van der Waals surface area (Å²) < 4.78 is 4.75. The van der Waals surface area contributed by atoms with E-state index in [0.29, 0.717) is 24.0 Å². The van der Waals surface area contributed by atoms with Crippen LogP contribution < -0.4 is 0 Å². The third-order valence-electron chi connectivity index (χ3n) is 2.48. The first-order valence-electron chi connectivity index (χ1n) is 6.26. The Bertz CT molecular complexity index is 364. The second kappa shape index (κ2) is 10.4. The number of aldehydes is 1. The number of carbonyl (C=O) groups is 3. The van der Waals surface area contributed by atoms with Crippen LogP contribution in [0, 0.1) is 5.92 Å². The molecule has 0 radical (unpaired) electrons. The molecule has 20 heavy (non-hydrogen) atoms. The second-order valence-electron chi connectivity index (χ2n) is 4.12. The average molecular weight is 304 g/mol. The Morgan fingerprint density at radius 3 is 2.50 bits per heavy atom. The molecular formula is C13H20O6S. The number of allylic oxidation sites excluding steroid dienone is 1. The van der Waals surface area contributed by atoms with Gasteiger partial charge in [0.2, 0.25) is 0 Å². The SMILES string of the molecule is CCOC(=O)CS/C(=C\C(=O)O)CC[C@H](C=O)[C@@H](C)O. The topological polar surface area (TPSA) is 101 Å². The Morgan fingerprint density at radius 2 is 2.05 bits per heavy atom. The predicted molar refractivity (Wildman–Crippen MR) is 75.3 cm³/mol. The van der Waals surface area contributed by atoms with Crippen molar-refractivity contribution < 1.29 is 29.3 Å². The van der Waals surface area contributed by atoms with Crippen molar-refractivity contribution in [1.82, 2.24) is 0 Å². The second-order valence-corrected chi connectivity index (χ2v) is 5.22. The monoisotopic (exact) mass is 304 g/mol. The lowest BCUT2D eigenvalue weighted by molar-refractivity contribution is -0.140. The van der Waals surface area contributed by atoms with E-state index < -0.39 is 24.0 Å². The molecule has 2 N–H and O–H groups in total. The van der Waals surface area contributed by atoms with Crippen molar-refractivity contribution in [3.05, 3.63) is 11.0 Å². The van der Waals surface area contributed by atoms with E-state index in [2.05, 4.69) is 0 Å². The number of aliphatic hydroxyl groups is 1. The first-order valence-corrected chi connectivity index (χ1v) is 7.24. The molecule has 0 aliphatic carbocycles. The number of hydrogen-bond donors (Lipinski definition) is 2. The van der Waals surface area contributed by atoms with Gasteiger partial charge in [-0.15, -0.1) is 11.8 Å². The molecule has 0 aromatic carbocycles. The Kier molecular flexibility index (Phi) is 9.75. The lowest BCUT2D eigenvalue weighted by Gasteiger charge is -2.14. The Balaban J connectivity index is 4.47. The molecule has 7 heteroatoms. The van der Waals surface area contributed by atoms with Gasteiger partial charge in [-0.05, 0) is 31.6 Å². The highest BCUT2D eigenvalue weighted by Gasteiger charge is 2.15. The van der Waals surface area contributed by atoms with Crippen LogP contribution in [0.4, 0.5) is 0 Å². The standard InChI is InChI=1S/C13H20O6S/c1-3-19-13(18)8-20-11(6-12(16)17)5-4-10(7-14)9(2)15/h6-7,9-10,15H,3-5,8H2,1-2H3,(H,16,17)/b11-6-/t9-,10-/m1/s1. The van der Waals surface area contributed by atoms with Crippen LogP contribution in [0.25, 0.3) is 0 Å². The van der Waals surface area contributed by atoms with Crippen LogP contribution >= 0.6 is 11.8 Å². The van der Waals surface area contributed by atoms with Crippen LogP contribution in [-0.2, 0) is 19.1 Å². The number of aliphatic hydroxyl groups excluding tert-OH is 1.